The highest BCUT2D eigenvalue weighted by Crippen LogP contribution is 2.40. The number of hydrogen-bond acceptors (Lipinski definition) is 4. The predicted molar refractivity (Wildman–Crippen MR) is 112 cm³/mol. The van der Waals surface area contributed by atoms with Crippen LogP contribution < -0.4 is 10.2 Å². The number of benzene rings is 2. The topological polar surface area (TPSA) is 76.4 Å². The number of halogens is 1. The van der Waals surface area contributed by atoms with Gasteiger partial charge in [0, 0.05) is 42.0 Å². The maximum absolute atomic E-state index is 13.3. The minimum Gasteiger partial charge on any atom is -0.355 e. The molecule has 0 aromatic heterocycles. The summed E-state index contributed by atoms with van der Waals surface area (Å²) in [4.78, 5) is 28.9. The summed E-state index contributed by atoms with van der Waals surface area (Å²) in [6.07, 6.45) is 4.30. The molecule has 29 heavy (non-hydrogen) atoms. The second-order valence-electron chi connectivity index (χ2n) is 7.27. The zero-order valence-electron chi connectivity index (χ0n) is 16.1. The lowest BCUT2D eigenvalue weighted by Crippen LogP contribution is -2.43. The molecule has 2 aliphatic rings. The molecule has 2 aliphatic heterocycles. The summed E-state index contributed by atoms with van der Waals surface area (Å²) in [5.74, 6) is -0.304. The summed E-state index contributed by atoms with van der Waals surface area (Å²) in [5.41, 5.74) is 3.91. The molecule has 0 saturated carbocycles. The Morgan fingerprint density at radius 1 is 1.21 bits per heavy atom. The van der Waals surface area contributed by atoms with Crippen molar-refractivity contribution in [2.75, 3.05) is 25.0 Å². The van der Waals surface area contributed by atoms with E-state index in [1.54, 1.807) is 22.9 Å². The highest BCUT2D eigenvalue weighted by molar-refractivity contribution is 6.33. The Bertz CT molecular complexity index is 1030. The second kappa shape index (κ2) is 7.76. The largest absolute Gasteiger partial charge is 0.355 e. The fourth-order valence-electron chi connectivity index (χ4n) is 4.25. The number of nitrogens with one attached hydrogen (secondary N) is 1. The van der Waals surface area contributed by atoms with Crippen molar-refractivity contribution in [3.8, 4) is 17.3 Å². The van der Waals surface area contributed by atoms with Gasteiger partial charge in [0.2, 0.25) is 5.91 Å². The molecular weight excluding hydrogens is 388 g/mol. The van der Waals surface area contributed by atoms with Gasteiger partial charge >= 0.3 is 0 Å². The fourth-order valence-corrected chi connectivity index (χ4v) is 4.49. The van der Waals surface area contributed by atoms with Crippen molar-refractivity contribution in [3.05, 3.63) is 52.5 Å². The van der Waals surface area contributed by atoms with Gasteiger partial charge in [-0.1, -0.05) is 29.8 Å². The smallest absolute Gasteiger partial charge is 0.251 e. The van der Waals surface area contributed by atoms with Gasteiger partial charge in [-0.25, -0.2) is 0 Å². The van der Waals surface area contributed by atoms with Crippen molar-refractivity contribution in [1.82, 2.24) is 10.2 Å². The molecule has 0 unspecified atom stereocenters. The van der Waals surface area contributed by atoms with Crippen LogP contribution in [-0.2, 0) is 11.2 Å². The van der Waals surface area contributed by atoms with E-state index in [-0.39, 0.29) is 11.8 Å². The van der Waals surface area contributed by atoms with E-state index < -0.39 is 6.04 Å². The van der Waals surface area contributed by atoms with E-state index in [0.29, 0.717) is 36.5 Å². The minimum absolute atomic E-state index is 0.0815. The molecule has 2 heterocycles. The van der Waals surface area contributed by atoms with Crippen LogP contribution in [0, 0.1) is 11.5 Å². The Labute approximate surface area is 174 Å². The molecule has 0 spiro atoms. The number of nitrogens with zero attached hydrogens (tertiary/aromatic N) is 3. The first kappa shape index (κ1) is 19.3. The van der Waals surface area contributed by atoms with Crippen LogP contribution in [0.3, 0.4) is 0 Å². The standard InChI is InChI=1S/C22H21ClN4O2/c1-25-21(28)14-11-17(15-5-2-3-6-18(15)23)16-8-10-27(20(16)12-14)22(29)19-7-4-9-26(19)13-24/h2-3,5-6,11-12,19H,4,7-10H2,1H3,(H,25,28)/t19-/m0/s1. The lowest BCUT2D eigenvalue weighted by Gasteiger charge is -2.25. The third-order valence-electron chi connectivity index (χ3n) is 5.69. The molecular formula is C22H21ClN4O2. The van der Waals surface area contributed by atoms with E-state index >= 15 is 0 Å². The van der Waals surface area contributed by atoms with Gasteiger partial charge in [0.1, 0.15) is 6.04 Å². The number of rotatable bonds is 3. The summed E-state index contributed by atoms with van der Waals surface area (Å²) in [6, 6.07) is 10.7. The van der Waals surface area contributed by atoms with Crippen LogP contribution in [0.15, 0.2) is 36.4 Å². The summed E-state index contributed by atoms with van der Waals surface area (Å²) < 4.78 is 0. The van der Waals surface area contributed by atoms with Crippen LogP contribution in [0.25, 0.3) is 11.1 Å². The van der Waals surface area contributed by atoms with Gasteiger partial charge in [-0.15, -0.1) is 0 Å². The lowest BCUT2D eigenvalue weighted by atomic mass is 9.95. The number of nitriles is 1. The van der Waals surface area contributed by atoms with E-state index in [9.17, 15) is 14.9 Å². The molecule has 0 radical (unpaired) electrons. The second-order valence-corrected chi connectivity index (χ2v) is 7.68. The van der Waals surface area contributed by atoms with Crippen molar-refractivity contribution in [2.45, 2.75) is 25.3 Å². The molecule has 1 atom stereocenters. The van der Waals surface area contributed by atoms with Gasteiger partial charge in [0.15, 0.2) is 6.19 Å². The average molecular weight is 409 g/mol. The first-order valence-corrected chi connectivity index (χ1v) is 10.0. The molecule has 2 amide bonds. The molecule has 2 aromatic carbocycles. The summed E-state index contributed by atoms with van der Waals surface area (Å²) in [5, 5.41) is 12.6. The third-order valence-corrected chi connectivity index (χ3v) is 6.02. The van der Waals surface area contributed by atoms with Crippen molar-refractivity contribution in [2.24, 2.45) is 0 Å². The van der Waals surface area contributed by atoms with Gasteiger partial charge in [0.05, 0.1) is 0 Å². The van der Waals surface area contributed by atoms with Crippen LogP contribution in [0.1, 0.15) is 28.8 Å². The molecule has 0 bridgehead atoms. The normalized spacial score (nSPS) is 17.8. The monoisotopic (exact) mass is 408 g/mol. The van der Waals surface area contributed by atoms with Crippen LogP contribution in [0.5, 0.6) is 0 Å². The SMILES string of the molecule is CNC(=O)c1cc(-c2ccccc2Cl)c2c(c1)N(C(=O)[C@@H]1CCCN1C#N)CC2. The predicted octanol–water partition coefficient (Wildman–Crippen LogP) is 3.20. The highest BCUT2D eigenvalue weighted by Gasteiger charge is 2.37. The summed E-state index contributed by atoms with van der Waals surface area (Å²) in [7, 11) is 1.58. The van der Waals surface area contributed by atoms with Crippen LogP contribution in [-0.4, -0.2) is 42.9 Å². The van der Waals surface area contributed by atoms with Crippen LogP contribution in [0.2, 0.25) is 5.02 Å². The molecule has 0 aliphatic carbocycles. The van der Waals surface area contributed by atoms with E-state index in [4.69, 9.17) is 11.6 Å². The van der Waals surface area contributed by atoms with Gasteiger partial charge in [-0.2, -0.15) is 5.26 Å². The van der Waals surface area contributed by atoms with Crippen molar-refractivity contribution < 1.29 is 9.59 Å². The Hall–Kier alpha value is -3.04. The van der Waals surface area contributed by atoms with Crippen molar-refractivity contribution in [1.29, 1.82) is 5.26 Å². The van der Waals surface area contributed by atoms with Gasteiger partial charge < -0.3 is 10.2 Å². The van der Waals surface area contributed by atoms with Crippen LogP contribution in [0.4, 0.5) is 5.69 Å². The number of hydrogen-bond donors (Lipinski definition) is 1. The van der Waals surface area contributed by atoms with Gasteiger partial charge in [0.25, 0.3) is 5.91 Å². The summed E-state index contributed by atoms with van der Waals surface area (Å²) >= 11 is 6.44. The molecule has 6 nitrogen and oxygen atoms in total. The first-order chi connectivity index (χ1) is 14.0. The van der Waals surface area contributed by atoms with Gasteiger partial charge in [-0.3, -0.25) is 14.5 Å². The quantitative estimate of drug-likeness (QED) is 0.791. The Balaban J connectivity index is 1.82. The summed E-state index contributed by atoms with van der Waals surface area (Å²) in [6.45, 7) is 1.13. The molecule has 1 fully saturated rings. The van der Waals surface area contributed by atoms with E-state index in [1.807, 2.05) is 30.3 Å². The molecule has 4 rings (SSSR count). The minimum atomic E-state index is -0.432. The number of anilines is 1. The van der Waals surface area contributed by atoms with E-state index in [1.165, 1.54) is 0 Å². The average Bonchev–Trinajstić information content (AvgIpc) is 3.39. The Morgan fingerprint density at radius 3 is 2.72 bits per heavy atom. The first-order valence-electron chi connectivity index (χ1n) is 9.66. The zero-order valence-corrected chi connectivity index (χ0v) is 16.9. The molecule has 1 saturated heterocycles. The number of carbonyl (C=O) groups is 2. The van der Waals surface area contributed by atoms with Crippen molar-refractivity contribution >= 4 is 29.1 Å². The maximum atomic E-state index is 13.3. The van der Waals surface area contributed by atoms with E-state index in [0.717, 1.165) is 28.8 Å². The number of fused-ring (bicyclic) bond motifs is 1. The molecule has 2 aromatic rings. The molecule has 7 heteroatoms. The fraction of sp³-hybridized carbons (Fsp3) is 0.318. The Morgan fingerprint density at radius 2 is 2.00 bits per heavy atom. The van der Waals surface area contributed by atoms with Crippen molar-refractivity contribution in [3.63, 3.8) is 0 Å². The number of likely N-dealkylation sites (tertiary alicyclic amines) is 1. The number of carbonyl (C=O) groups excluding carboxylic acids is 2. The van der Waals surface area contributed by atoms with E-state index in [2.05, 4.69) is 11.5 Å². The van der Waals surface area contributed by atoms with Crippen LogP contribution >= 0.6 is 11.6 Å². The number of amides is 2. The maximum Gasteiger partial charge on any atom is 0.251 e. The molecule has 1 N–H and O–H groups in total. The molecule has 148 valence electrons. The zero-order chi connectivity index (χ0) is 20.5. The Kier molecular flexibility index (Phi) is 5.16. The highest BCUT2D eigenvalue weighted by atomic mass is 35.5. The van der Waals surface area contributed by atoms with Gasteiger partial charge in [-0.05, 0) is 48.6 Å². The lowest BCUT2D eigenvalue weighted by molar-refractivity contribution is -0.121. The third kappa shape index (κ3) is 3.32.